The molecule has 0 fully saturated rings. The van der Waals surface area contributed by atoms with Crippen LogP contribution in [0.5, 0.6) is 5.75 Å². The van der Waals surface area contributed by atoms with Gasteiger partial charge in [0.05, 0.1) is 6.61 Å². The van der Waals surface area contributed by atoms with E-state index in [4.69, 9.17) is 16.3 Å². The van der Waals surface area contributed by atoms with E-state index in [1.54, 1.807) is 0 Å². The third-order valence-electron chi connectivity index (χ3n) is 3.27. The van der Waals surface area contributed by atoms with Crippen LogP contribution in [0.25, 0.3) is 0 Å². The van der Waals surface area contributed by atoms with Crippen molar-refractivity contribution in [1.29, 1.82) is 0 Å². The van der Waals surface area contributed by atoms with Crippen molar-refractivity contribution >= 4 is 39.9 Å². The number of fused-ring (bicyclic) bond motifs is 1. The molecule has 0 amide bonds. The van der Waals surface area contributed by atoms with Crippen LogP contribution in [0.4, 0.5) is 5.69 Å². The van der Waals surface area contributed by atoms with E-state index in [1.165, 1.54) is 5.56 Å². The summed E-state index contributed by atoms with van der Waals surface area (Å²) in [4.78, 5) is 0. The average Bonchev–Trinajstić information content (AvgIpc) is 2.81. The van der Waals surface area contributed by atoms with E-state index < -0.39 is 0 Å². The van der Waals surface area contributed by atoms with Gasteiger partial charge in [-0.1, -0.05) is 29.8 Å². The lowest BCUT2D eigenvalue weighted by Crippen LogP contribution is -2.14. The minimum atomic E-state index is 0.405. The SMILES string of the molecule is Clc1ccc(NCC2COc3ccccc32)c(I)c1. The molecule has 4 heteroatoms. The first-order valence-electron chi connectivity index (χ1n) is 6.14. The Morgan fingerprint density at radius 1 is 1.26 bits per heavy atom. The van der Waals surface area contributed by atoms with Crippen LogP contribution in [-0.2, 0) is 0 Å². The van der Waals surface area contributed by atoms with Crippen molar-refractivity contribution in [1.82, 2.24) is 0 Å². The lowest BCUT2D eigenvalue weighted by atomic mass is 10.0. The molecule has 0 saturated heterocycles. The maximum absolute atomic E-state index is 5.96. The zero-order chi connectivity index (χ0) is 13.2. The Morgan fingerprint density at radius 3 is 2.95 bits per heavy atom. The quantitative estimate of drug-likeness (QED) is 0.784. The fourth-order valence-corrected chi connectivity index (χ4v) is 3.33. The molecule has 2 aromatic carbocycles. The summed E-state index contributed by atoms with van der Waals surface area (Å²) in [5.74, 6) is 1.42. The van der Waals surface area contributed by atoms with Crippen molar-refractivity contribution in [3.8, 4) is 5.75 Å². The summed E-state index contributed by atoms with van der Waals surface area (Å²) in [6.45, 7) is 1.62. The second kappa shape index (κ2) is 5.59. The zero-order valence-corrected chi connectivity index (χ0v) is 13.1. The van der Waals surface area contributed by atoms with E-state index in [2.05, 4.69) is 40.0 Å². The van der Waals surface area contributed by atoms with E-state index >= 15 is 0 Å². The molecule has 0 bridgehead atoms. The predicted molar refractivity (Wildman–Crippen MR) is 87.3 cm³/mol. The van der Waals surface area contributed by atoms with E-state index in [0.717, 1.165) is 33.2 Å². The normalized spacial score (nSPS) is 16.8. The van der Waals surface area contributed by atoms with Crippen LogP contribution in [0, 0.1) is 3.57 Å². The summed E-state index contributed by atoms with van der Waals surface area (Å²) in [5, 5.41) is 4.24. The van der Waals surface area contributed by atoms with Crippen LogP contribution >= 0.6 is 34.2 Å². The average molecular weight is 386 g/mol. The Morgan fingerprint density at radius 2 is 2.11 bits per heavy atom. The Hall–Kier alpha value is -0.940. The molecule has 1 aliphatic heterocycles. The molecule has 0 spiro atoms. The van der Waals surface area contributed by atoms with Crippen LogP contribution in [0.1, 0.15) is 11.5 Å². The Labute approximate surface area is 131 Å². The van der Waals surface area contributed by atoms with E-state index in [9.17, 15) is 0 Å². The van der Waals surface area contributed by atoms with Gasteiger partial charge in [-0.2, -0.15) is 0 Å². The van der Waals surface area contributed by atoms with Crippen molar-refractivity contribution in [3.05, 3.63) is 56.6 Å². The van der Waals surface area contributed by atoms with Crippen molar-refractivity contribution in [2.45, 2.75) is 5.92 Å². The number of rotatable bonds is 3. The molecule has 1 atom stereocenters. The van der Waals surface area contributed by atoms with Crippen LogP contribution < -0.4 is 10.1 Å². The van der Waals surface area contributed by atoms with Crippen molar-refractivity contribution < 1.29 is 4.74 Å². The fourth-order valence-electron chi connectivity index (χ4n) is 2.26. The molecular formula is C15H13ClINO. The van der Waals surface area contributed by atoms with E-state index in [-0.39, 0.29) is 0 Å². The second-order valence-corrected chi connectivity index (χ2v) is 6.15. The van der Waals surface area contributed by atoms with Gasteiger partial charge in [0.2, 0.25) is 0 Å². The molecule has 1 heterocycles. The summed E-state index contributed by atoms with van der Waals surface area (Å²) in [7, 11) is 0. The first kappa shape index (κ1) is 13.1. The Balaban J connectivity index is 1.71. The van der Waals surface area contributed by atoms with Gasteiger partial charge >= 0.3 is 0 Å². The van der Waals surface area contributed by atoms with Gasteiger partial charge in [0.1, 0.15) is 5.75 Å². The van der Waals surface area contributed by atoms with Gasteiger partial charge < -0.3 is 10.1 Å². The molecule has 2 nitrogen and oxygen atoms in total. The highest BCUT2D eigenvalue weighted by Crippen LogP contribution is 2.33. The first-order valence-corrected chi connectivity index (χ1v) is 7.60. The van der Waals surface area contributed by atoms with Gasteiger partial charge in [-0.05, 0) is 46.9 Å². The molecule has 0 aromatic heterocycles. The van der Waals surface area contributed by atoms with Gasteiger partial charge in [-0.3, -0.25) is 0 Å². The van der Waals surface area contributed by atoms with Crippen LogP contribution in [-0.4, -0.2) is 13.2 Å². The number of hydrogen-bond donors (Lipinski definition) is 1. The van der Waals surface area contributed by atoms with Gasteiger partial charge in [0.15, 0.2) is 0 Å². The molecular weight excluding hydrogens is 373 g/mol. The maximum atomic E-state index is 5.96. The summed E-state index contributed by atoms with van der Waals surface area (Å²) in [6.07, 6.45) is 0. The van der Waals surface area contributed by atoms with Gasteiger partial charge in [0, 0.05) is 32.3 Å². The highest BCUT2D eigenvalue weighted by atomic mass is 127. The second-order valence-electron chi connectivity index (χ2n) is 4.55. The number of benzene rings is 2. The molecule has 0 saturated carbocycles. The van der Waals surface area contributed by atoms with Crippen LogP contribution in [0.15, 0.2) is 42.5 Å². The highest BCUT2D eigenvalue weighted by Gasteiger charge is 2.23. The highest BCUT2D eigenvalue weighted by molar-refractivity contribution is 14.1. The minimum absolute atomic E-state index is 0.405. The third kappa shape index (κ3) is 2.82. The number of halogens is 2. The lowest BCUT2D eigenvalue weighted by molar-refractivity contribution is 0.334. The summed E-state index contributed by atoms with van der Waals surface area (Å²) in [6, 6.07) is 14.1. The maximum Gasteiger partial charge on any atom is 0.122 e. The summed E-state index contributed by atoms with van der Waals surface area (Å²) >= 11 is 8.25. The topological polar surface area (TPSA) is 21.3 Å². The third-order valence-corrected chi connectivity index (χ3v) is 4.40. The molecule has 3 rings (SSSR count). The monoisotopic (exact) mass is 385 g/mol. The van der Waals surface area contributed by atoms with Crippen molar-refractivity contribution in [3.63, 3.8) is 0 Å². The van der Waals surface area contributed by atoms with Gasteiger partial charge in [-0.25, -0.2) is 0 Å². The van der Waals surface area contributed by atoms with E-state index in [0.29, 0.717) is 5.92 Å². The van der Waals surface area contributed by atoms with Crippen molar-refractivity contribution in [2.24, 2.45) is 0 Å². The Bertz CT molecular complexity index is 602. The van der Waals surface area contributed by atoms with Gasteiger partial charge in [-0.15, -0.1) is 0 Å². The molecule has 19 heavy (non-hydrogen) atoms. The van der Waals surface area contributed by atoms with Crippen LogP contribution in [0.3, 0.4) is 0 Å². The first-order chi connectivity index (χ1) is 9.24. The molecule has 1 N–H and O–H groups in total. The molecule has 2 aromatic rings. The molecule has 1 unspecified atom stereocenters. The summed E-state index contributed by atoms with van der Waals surface area (Å²) < 4.78 is 6.82. The number of hydrogen-bond acceptors (Lipinski definition) is 2. The van der Waals surface area contributed by atoms with Crippen LogP contribution in [0.2, 0.25) is 5.02 Å². The number of ether oxygens (including phenoxy) is 1. The number of para-hydroxylation sites is 1. The minimum Gasteiger partial charge on any atom is -0.493 e. The molecule has 1 aliphatic rings. The smallest absolute Gasteiger partial charge is 0.122 e. The van der Waals surface area contributed by atoms with Gasteiger partial charge in [0.25, 0.3) is 0 Å². The predicted octanol–water partition coefficient (Wildman–Crippen LogP) is 4.53. The molecule has 0 radical (unpaired) electrons. The zero-order valence-electron chi connectivity index (χ0n) is 10.2. The van der Waals surface area contributed by atoms with Crippen molar-refractivity contribution in [2.75, 3.05) is 18.5 Å². The molecule has 0 aliphatic carbocycles. The largest absolute Gasteiger partial charge is 0.493 e. The number of anilines is 1. The number of nitrogens with one attached hydrogen (secondary N) is 1. The van der Waals surface area contributed by atoms with E-state index in [1.807, 2.05) is 30.3 Å². The standard InChI is InChI=1S/C15H13ClINO/c16-11-5-6-14(13(17)7-11)18-8-10-9-19-15-4-2-1-3-12(10)15/h1-7,10,18H,8-9H2. The molecule has 98 valence electrons. The lowest BCUT2D eigenvalue weighted by Gasteiger charge is -2.13. The fraction of sp³-hybridized carbons (Fsp3) is 0.200. The summed E-state index contributed by atoms with van der Waals surface area (Å²) in [5.41, 5.74) is 2.41. The Kier molecular flexibility index (Phi) is 3.84.